The van der Waals surface area contributed by atoms with Gasteiger partial charge in [-0.2, -0.15) is 0 Å². The zero-order valence-corrected chi connectivity index (χ0v) is 56.0. The molecule has 0 amide bonds. The summed E-state index contributed by atoms with van der Waals surface area (Å²) < 4.78 is 7.97. The number of rotatable bonds is 5. The number of aryl methyl sites for hydroxylation is 1. The molecule has 0 spiro atoms. The van der Waals surface area contributed by atoms with Crippen molar-refractivity contribution in [1.29, 1.82) is 0 Å². The Morgan fingerprint density at radius 1 is 0.407 bits per heavy atom. The van der Waals surface area contributed by atoms with Crippen LogP contribution in [0.1, 0.15) is 239 Å². The van der Waals surface area contributed by atoms with Crippen LogP contribution in [0.2, 0.25) is 0 Å². The molecule has 6 aliphatic rings. The van der Waals surface area contributed by atoms with Gasteiger partial charge < -0.3 is 19.1 Å². The number of hydrogen-bond donors (Lipinski definition) is 0. The van der Waals surface area contributed by atoms with Gasteiger partial charge in [0, 0.05) is 45.2 Å². The summed E-state index contributed by atoms with van der Waals surface area (Å²) in [6.07, 6.45) is 9.17. The maximum Gasteiger partial charge on any atom is 0.297 e. The number of nitrogens with zero attached hydrogens (tertiary/aromatic N) is 3. The van der Waals surface area contributed by atoms with Crippen LogP contribution >= 0.6 is 0 Å². The standard InChI is InChI=1S/C81H96BN3O/c1-49-40-57-61(79(15,16)37-34-75(57,7)8)46-65(49)85-66-47-62-60(78(13,14)36-38-80(62,17)18)45-64(66)82-70-67(42-54(43-68(70)85)83(51-24-22-21-23-25-51)52-28-26-50(27-29-52)73(2,3)4)84(53-30-31-56-58(41-53)76(9,10)33-32-74(56,5)6)71-55-44-59-63(48-69(55)86-72(71)82)81(19,20)39-35-77(59,11)12/h21-31,40-48H,32-39H2,1-20H3. The largest absolute Gasteiger partial charge is 0.468 e. The highest BCUT2D eigenvalue weighted by molar-refractivity contribution is 7.00. The van der Waals surface area contributed by atoms with Gasteiger partial charge in [0.15, 0.2) is 0 Å². The Balaban J connectivity index is 1.17. The van der Waals surface area contributed by atoms with Gasteiger partial charge in [-0.05, 0) is 246 Å². The highest BCUT2D eigenvalue weighted by Crippen LogP contribution is 2.58. The molecular weight excluding hydrogens is 1040 g/mol. The van der Waals surface area contributed by atoms with E-state index in [1.807, 2.05) is 0 Å². The predicted octanol–water partition coefficient (Wildman–Crippen LogP) is 21.0. The van der Waals surface area contributed by atoms with Crippen LogP contribution in [0, 0.1) is 6.92 Å². The van der Waals surface area contributed by atoms with E-state index >= 15 is 0 Å². The number of benzene rings is 7. The van der Waals surface area contributed by atoms with Crippen LogP contribution in [-0.4, -0.2) is 6.71 Å². The first-order valence-electron chi connectivity index (χ1n) is 33.0. The molecule has 0 saturated heterocycles. The van der Waals surface area contributed by atoms with Gasteiger partial charge in [-0.1, -0.05) is 180 Å². The molecule has 4 aliphatic carbocycles. The van der Waals surface area contributed by atoms with E-state index in [0.717, 1.165) is 73.3 Å². The Morgan fingerprint density at radius 3 is 1.38 bits per heavy atom. The van der Waals surface area contributed by atoms with Crippen LogP contribution < -0.4 is 31.3 Å². The summed E-state index contributed by atoms with van der Waals surface area (Å²) in [5, 5.41) is 1.20. The van der Waals surface area contributed by atoms with E-state index in [1.165, 1.54) is 112 Å². The molecule has 0 radical (unpaired) electrons. The van der Waals surface area contributed by atoms with Crippen molar-refractivity contribution in [2.24, 2.45) is 0 Å². The number of hydrogen-bond acceptors (Lipinski definition) is 4. The van der Waals surface area contributed by atoms with Crippen LogP contribution in [0.4, 0.5) is 51.2 Å². The van der Waals surface area contributed by atoms with Crippen LogP contribution in [-0.2, 0) is 48.7 Å². The second-order valence-corrected chi connectivity index (χ2v) is 34.1. The molecule has 0 atom stereocenters. The van der Waals surface area contributed by atoms with Crippen molar-refractivity contribution < 1.29 is 4.42 Å². The first-order valence-corrected chi connectivity index (χ1v) is 33.0. The van der Waals surface area contributed by atoms with Gasteiger partial charge >= 0.3 is 0 Å². The van der Waals surface area contributed by atoms with Crippen molar-refractivity contribution in [2.75, 3.05) is 14.7 Å². The molecule has 0 unspecified atom stereocenters. The molecule has 8 aromatic rings. The average Bonchev–Trinajstić information content (AvgIpc) is 1.20. The van der Waals surface area contributed by atoms with E-state index < -0.39 is 0 Å². The molecule has 1 aromatic heterocycles. The second kappa shape index (κ2) is 18.3. The van der Waals surface area contributed by atoms with E-state index in [9.17, 15) is 0 Å². The fraction of sp³-hybridized carbons (Fsp3) is 0.457. The van der Waals surface area contributed by atoms with Crippen LogP contribution in [0.5, 0.6) is 0 Å². The molecular formula is C81H96BN3O. The second-order valence-electron chi connectivity index (χ2n) is 34.1. The summed E-state index contributed by atoms with van der Waals surface area (Å²) in [5.74, 6) is 0. The van der Waals surface area contributed by atoms with Gasteiger partial charge in [-0.3, -0.25) is 0 Å². The zero-order chi connectivity index (χ0) is 61.2. The molecule has 3 heterocycles. The maximum atomic E-state index is 7.97. The van der Waals surface area contributed by atoms with E-state index in [1.54, 1.807) is 0 Å². The highest BCUT2D eigenvalue weighted by atomic mass is 16.3. The maximum absolute atomic E-state index is 7.97. The Labute approximate surface area is 517 Å². The zero-order valence-electron chi connectivity index (χ0n) is 56.0. The summed E-state index contributed by atoms with van der Waals surface area (Å²) >= 11 is 0. The van der Waals surface area contributed by atoms with Crippen molar-refractivity contribution in [3.8, 4) is 0 Å². The molecule has 14 rings (SSSR count). The SMILES string of the molecule is Cc1cc2c(cc1N1c3cc4c(cc3B3c5oc6cc7c(cc6c5N(c5ccc6c(c5)C(C)(C)CCC6(C)C)c5cc(N(c6ccccc6)c6ccc(C(C)(C)C)cc6)cc1c53)C(C)(C)CCC7(C)C)C(C)(C)CCC4(C)C)C(C)(C)CCC2(C)C. The molecule has 86 heavy (non-hydrogen) atoms. The molecule has 2 aliphatic heterocycles. The van der Waals surface area contributed by atoms with E-state index in [-0.39, 0.29) is 55.4 Å². The topological polar surface area (TPSA) is 22.9 Å². The summed E-state index contributed by atoms with van der Waals surface area (Å²) in [7, 11) is 0. The van der Waals surface area contributed by atoms with Crippen molar-refractivity contribution in [3.63, 3.8) is 0 Å². The smallest absolute Gasteiger partial charge is 0.297 e. The third kappa shape index (κ3) is 8.55. The van der Waals surface area contributed by atoms with Gasteiger partial charge in [-0.15, -0.1) is 0 Å². The Hall–Kier alpha value is -6.46. The molecule has 0 N–H and O–H groups in total. The lowest BCUT2D eigenvalue weighted by molar-refractivity contribution is 0.331. The van der Waals surface area contributed by atoms with Gasteiger partial charge in [0.25, 0.3) is 6.71 Å². The molecule has 0 bridgehead atoms. The van der Waals surface area contributed by atoms with Crippen molar-refractivity contribution >= 4 is 85.5 Å². The minimum Gasteiger partial charge on any atom is -0.468 e. The summed E-state index contributed by atoms with van der Waals surface area (Å²) in [4.78, 5) is 8.01. The van der Waals surface area contributed by atoms with Crippen molar-refractivity contribution in [2.45, 2.75) is 239 Å². The lowest BCUT2D eigenvalue weighted by atomic mass is 9.35. The fourth-order valence-corrected chi connectivity index (χ4v) is 17.0. The number of anilines is 9. The third-order valence-electron chi connectivity index (χ3n) is 23.4. The minimum absolute atomic E-state index is 0.00200. The first kappa shape index (κ1) is 57.3. The predicted molar refractivity (Wildman–Crippen MR) is 370 cm³/mol. The normalized spacial score (nSPS) is 20.9. The summed E-state index contributed by atoms with van der Waals surface area (Å²) in [6.45, 7) is 48.9. The van der Waals surface area contributed by atoms with E-state index in [0.29, 0.717) is 0 Å². The van der Waals surface area contributed by atoms with Gasteiger partial charge in [-0.25, -0.2) is 0 Å². The van der Waals surface area contributed by atoms with Gasteiger partial charge in [0.1, 0.15) is 5.58 Å². The van der Waals surface area contributed by atoms with Gasteiger partial charge in [0.2, 0.25) is 0 Å². The lowest BCUT2D eigenvalue weighted by Crippen LogP contribution is -2.61. The van der Waals surface area contributed by atoms with E-state index in [2.05, 4.69) is 275 Å². The number of furan rings is 1. The first-order chi connectivity index (χ1) is 40.1. The fourth-order valence-electron chi connectivity index (χ4n) is 17.0. The van der Waals surface area contributed by atoms with Crippen molar-refractivity contribution in [1.82, 2.24) is 0 Å². The monoisotopic (exact) mass is 1140 g/mol. The van der Waals surface area contributed by atoms with Gasteiger partial charge in [0.05, 0.1) is 17.0 Å². The Kier molecular flexibility index (Phi) is 12.2. The summed E-state index contributed by atoms with van der Waals surface area (Å²) in [6, 6.07) is 49.1. The van der Waals surface area contributed by atoms with Crippen LogP contribution in [0.15, 0.2) is 126 Å². The highest BCUT2D eigenvalue weighted by Gasteiger charge is 2.51. The third-order valence-corrected chi connectivity index (χ3v) is 23.4. The minimum atomic E-state index is -0.208. The number of fused-ring (bicyclic) bond motifs is 10. The Bertz CT molecular complexity index is 4130. The van der Waals surface area contributed by atoms with Crippen molar-refractivity contribution in [3.05, 3.63) is 177 Å². The summed E-state index contributed by atoms with van der Waals surface area (Å²) in [5.41, 5.74) is 29.8. The molecule has 0 saturated carbocycles. The van der Waals surface area contributed by atoms with Crippen LogP contribution in [0.3, 0.4) is 0 Å². The van der Waals surface area contributed by atoms with E-state index in [4.69, 9.17) is 4.42 Å². The lowest BCUT2D eigenvalue weighted by Gasteiger charge is -2.48. The molecule has 5 heteroatoms. The molecule has 0 fully saturated rings. The van der Waals surface area contributed by atoms with Crippen LogP contribution in [0.25, 0.3) is 11.0 Å². The molecule has 444 valence electrons. The number of para-hydroxylation sites is 1. The quantitative estimate of drug-likeness (QED) is 0.160. The average molecular weight is 1140 g/mol. The molecule has 7 aromatic carbocycles. The molecule has 4 nitrogen and oxygen atoms in total. The Morgan fingerprint density at radius 2 is 0.849 bits per heavy atom.